The highest BCUT2D eigenvalue weighted by Crippen LogP contribution is 2.13. The fourth-order valence-corrected chi connectivity index (χ4v) is 2.01. The summed E-state index contributed by atoms with van der Waals surface area (Å²) < 4.78 is 1.01. The maximum absolute atomic E-state index is 11.9. The summed E-state index contributed by atoms with van der Waals surface area (Å²) >= 11 is 3.40. The maximum atomic E-state index is 11.9. The molecule has 2 aromatic rings. The van der Waals surface area contributed by atoms with Gasteiger partial charge in [-0.05, 0) is 30.7 Å². The quantitative estimate of drug-likeness (QED) is 0.595. The van der Waals surface area contributed by atoms with Gasteiger partial charge in [0.15, 0.2) is 5.78 Å². The van der Waals surface area contributed by atoms with Gasteiger partial charge < -0.3 is 0 Å². The van der Waals surface area contributed by atoms with E-state index in [9.17, 15) is 4.79 Å². The second kappa shape index (κ2) is 5.78. The van der Waals surface area contributed by atoms with Gasteiger partial charge in [-0.15, -0.1) is 0 Å². The molecule has 0 fully saturated rings. The molecule has 1 nitrogen and oxygen atoms in total. The standard InChI is InChI=1S/C16H13BrO/c1-12-5-8-14(9-6-12)16(18)10-7-13-3-2-4-15(17)11-13/h2-11H,1H3. The third-order valence-electron chi connectivity index (χ3n) is 2.61. The summed E-state index contributed by atoms with van der Waals surface area (Å²) in [6.07, 6.45) is 3.43. The van der Waals surface area contributed by atoms with Crippen LogP contribution in [-0.4, -0.2) is 5.78 Å². The second-order valence-corrected chi connectivity index (χ2v) is 5.03. The molecule has 0 saturated heterocycles. The minimum Gasteiger partial charge on any atom is -0.289 e. The van der Waals surface area contributed by atoms with E-state index in [0.717, 1.165) is 15.6 Å². The van der Waals surface area contributed by atoms with Crippen LogP contribution in [0.4, 0.5) is 0 Å². The third kappa shape index (κ3) is 3.41. The van der Waals surface area contributed by atoms with Gasteiger partial charge in [0.2, 0.25) is 0 Å². The van der Waals surface area contributed by atoms with Gasteiger partial charge in [0, 0.05) is 10.0 Å². The molecule has 0 aliphatic rings. The fourth-order valence-electron chi connectivity index (χ4n) is 1.60. The zero-order valence-electron chi connectivity index (χ0n) is 10.1. The minimum absolute atomic E-state index is 0.0231. The molecule has 2 aromatic carbocycles. The molecule has 0 aliphatic heterocycles. The number of allylic oxidation sites excluding steroid dienone is 1. The molecule has 0 radical (unpaired) electrons. The molecule has 0 amide bonds. The van der Waals surface area contributed by atoms with E-state index in [4.69, 9.17) is 0 Å². The van der Waals surface area contributed by atoms with Gasteiger partial charge in [-0.2, -0.15) is 0 Å². The van der Waals surface area contributed by atoms with Crippen LogP contribution in [0.3, 0.4) is 0 Å². The normalized spacial score (nSPS) is 10.8. The number of rotatable bonds is 3. The van der Waals surface area contributed by atoms with Gasteiger partial charge in [0.25, 0.3) is 0 Å². The van der Waals surface area contributed by atoms with E-state index in [0.29, 0.717) is 5.56 Å². The molecular formula is C16H13BrO. The zero-order valence-corrected chi connectivity index (χ0v) is 11.6. The molecule has 0 N–H and O–H groups in total. The molecular weight excluding hydrogens is 288 g/mol. The topological polar surface area (TPSA) is 17.1 Å². The highest BCUT2D eigenvalue weighted by Gasteiger charge is 2.00. The van der Waals surface area contributed by atoms with E-state index in [1.54, 1.807) is 6.08 Å². The minimum atomic E-state index is 0.0231. The highest BCUT2D eigenvalue weighted by atomic mass is 79.9. The van der Waals surface area contributed by atoms with Crippen molar-refractivity contribution in [2.24, 2.45) is 0 Å². The van der Waals surface area contributed by atoms with Crippen LogP contribution in [0.2, 0.25) is 0 Å². The van der Waals surface area contributed by atoms with Gasteiger partial charge in [0.05, 0.1) is 0 Å². The molecule has 90 valence electrons. The Morgan fingerprint density at radius 1 is 1.11 bits per heavy atom. The van der Waals surface area contributed by atoms with Crippen molar-refractivity contribution >= 4 is 27.8 Å². The Balaban J connectivity index is 2.14. The molecule has 0 atom stereocenters. The largest absolute Gasteiger partial charge is 0.289 e. The summed E-state index contributed by atoms with van der Waals surface area (Å²) in [5, 5.41) is 0. The predicted octanol–water partition coefficient (Wildman–Crippen LogP) is 4.65. The number of hydrogen-bond donors (Lipinski definition) is 0. The molecule has 0 unspecified atom stereocenters. The van der Waals surface area contributed by atoms with Crippen molar-refractivity contribution < 1.29 is 4.79 Å². The number of benzene rings is 2. The van der Waals surface area contributed by atoms with Crippen LogP contribution < -0.4 is 0 Å². The lowest BCUT2D eigenvalue weighted by atomic mass is 10.1. The molecule has 2 rings (SSSR count). The molecule has 0 heterocycles. The number of halogens is 1. The Morgan fingerprint density at radius 3 is 2.50 bits per heavy atom. The predicted molar refractivity (Wildman–Crippen MR) is 78.7 cm³/mol. The first kappa shape index (κ1) is 12.8. The monoisotopic (exact) mass is 300 g/mol. The lowest BCUT2D eigenvalue weighted by molar-refractivity contribution is 0.104. The summed E-state index contributed by atoms with van der Waals surface area (Å²) in [4.78, 5) is 11.9. The molecule has 0 spiro atoms. The molecule has 18 heavy (non-hydrogen) atoms. The number of ketones is 1. The zero-order chi connectivity index (χ0) is 13.0. The lowest BCUT2D eigenvalue weighted by Gasteiger charge is -1.97. The SMILES string of the molecule is Cc1ccc(C(=O)C=Cc2cccc(Br)c2)cc1. The summed E-state index contributed by atoms with van der Waals surface area (Å²) in [6.45, 7) is 2.01. The number of carbonyl (C=O) groups is 1. The van der Waals surface area contributed by atoms with Crippen molar-refractivity contribution in [2.75, 3.05) is 0 Å². The number of aryl methyl sites for hydroxylation is 1. The van der Waals surface area contributed by atoms with Gasteiger partial charge in [-0.25, -0.2) is 0 Å². The smallest absolute Gasteiger partial charge is 0.185 e. The van der Waals surface area contributed by atoms with Crippen LogP contribution in [0.15, 0.2) is 59.1 Å². The van der Waals surface area contributed by atoms with Gasteiger partial charge in [-0.3, -0.25) is 4.79 Å². The molecule has 0 bridgehead atoms. The van der Waals surface area contributed by atoms with Crippen LogP contribution in [0.5, 0.6) is 0 Å². The first-order valence-electron chi connectivity index (χ1n) is 5.70. The van der Waals surface area contributed by atoms with Crippen LogP contribution in [0.1, 0.15) is 21.5 Å². The van der Waals surface area contributed by atoms with E-state index < -0.39 is 0 Å². The van der Waals surface area contributed by atoms with Gasteiger partial charge >= 0.3 is 0 Å². The first-order chi connectivity index (χ1) is 8.65. The first-order valence-corrected chi connectivity index (χ1v) is 6.49. The van der Waals surface area contributed by atoms with E-state index in [1.165, 1.54) is 0 Å². The Labute approximate surface area is 115 Å². The van der Waals surface area contributed by atoms with Crippen LogP contribution >= 0.6 is 15.9 Å². The van der Waals surface area contributed by atoms with E-state index in [1.807, 2.05) is 61.5 Å². The van der Waals surface area contributed by atoms with E-state index in [-0.39, 0.29) is 5.78 Å². The molecule has 0 saturated carbocycles. The summed E-state index contributed by atoms with van der Waals surface area (Å²) in [5.74, 6) is 0.0231. The molecule has 0 aliphatic carbocycles. The maximum Gasteiger partial charge on any atom is 0.185 e. The fraction of sp³-hybridized carbons (Fsp3) is 0.0625. The van der Waals surface area contributed by atoms with Crippen molar-refractivity contribution in [3.8, 4) is 0 Å². The van der Waals surface area contributed by atoms with Crippen molar-refractivity contribution in [3.05, 3.63) is 75.8 Å². The average Bonchev–Trinajstić information content (AvgIpc) is 2.37. The summed E-state index contributed by atoms with van der Waals surface area (Å²) in [6, 6.07) is 15.4. The Kier molecular flexibility index (Phi) is 4.11. The van der Waals surface area contributed by atoms with Crippen molar-refractivity contribution in [1.29, 1.82) is 0 Å². The Bertz CT molecular complexity index is 582. The van der Waals surface area contributed by atoms with E-state index in [2.05, 4.69) is 15.9 Å². The van der Waals surface area contributed by atoms with Crippen LogP contribution in [0, 0.1) is 6.92 Å². The van der Waals surface area contributed by atoms with Gasteiger partial charge in [-0.1, -0.05) is 64.0 Å². The number of carbonyl (C=O) groups excluding carboxylic acids is 1. The van der Waals surface area contributed by atoms with E-state index >= 15 is 0 Å². The summed E-state index contributed by atoms with van der Waals surface area (Å²) in [5.41, 5.74) is 2.87. The van der Waals surface area contributed by atoms with Crippen molar-refractivity contribution in [3.63, 3.8) is 0 Å². The lowest BCUT2D eigenvalue weighted by Crippen LogP contribution is -1.93. The van der Waals surface area contributed by atoms with Crippen LogP contribution in [0.25, 0.3) is 6.08 Å². The molecule has 0 aromatic heterocycles. The third-order valence-corrected chi connectivity index (χ3v) is 3.11. The average molecular weight is 301 g/mol. The highest BCUT2D eigenvalue weighted by molar-refractivity contribution is 9.10. The Morgan fingerprint density at radius 2 is 1.83 bits per heavy atom. The second-order valence-electron chi connectivity index (χ2n) is 4.12. The van der Waals surface area contributed by atoms with Crippen molar-refractivity contribution in [2.45, 2.75) is 6.92 Å². The Hall–Kier alpha value is -1.67. The number of hydrogen-bond acceptors (Lipinski definition) is 1. The van der Waals surface area contributed by atoms with Crippen LogP contribution in [-0.2, 0) is 0 Å². The molecule has 2 heteroatoms. The van der Waals surface area contributed by atoms with Gasteiger partial charge in [0.1, 0.15) is 0 Å². The summed E-state index contributed by atoms with van der Waals surface area (Å²) in [7, 11) is 0. The van der Waals surface area contributed by atoms with Crippen molar-refractivity contribution in [1.82, 2.24) is 0 Å².